The highest BCUT2D eigenvalue weighted by Crippen LogP contribution is 2.05. The van der Waals surface area contributed by atoms with E-state index in [2.05, 4.69) is 36.3 Å². The van der Waals surface area contributed by atoms with Crippen LogP contribution in [0.3, 0.4) is 0 Å². The molecule has 0 saturated carbocycles. The third-order valence-corrected chi connectivity index (χ3v) is 1.99. The fourth-order valence-corrected chi connectivity index (χ4v) is 1.46. The van der Waals surface area contributed by atoms with Crippen LogP contribution in [0.4, 0.5) is 0 Å². The summed E-state index contributed by atoms with van der Waals surface area (Å²) < 4.78 is 5.25. The average Bonchev–Trinajstić information content (AvgIpc) is 2.47. The maximum atomic E-state index is 5.25. The molecule has 0 saturated heterocycles. The topological polar surface area (TPSA) is 51.0 Å². The van der Waals surface area contributed by atoms with Crippen LogP contribution in [0.15, 0.2) is 4.42 Å². The molecule has 0 spiro atoms. The van der Waals surface area contributed by atoms with Crippen molar-refractivity contribution in [3.05, 3.63) is 11.8 Å². The van der Waals surface area contributed by atoms with Crippen LogP contribution in [0, 0.1) is 12.8 Å². The molecule has 1 atom stereocenters. The molecule has 4 heteroatoms. The fourth-order valence-electron chi connectivity index (χ4n) is 1.46. The minimum atomic E-state index is 0.488. The summed E-state index contributed by atoms with van der Waals surface area (Å²) in [5, 5.41) is 11.0. The minimum Gasteiger partial charge on any atom is -0.424 e. The van der Waals surface area contributed by atoms with E-state index in [1.807, 2.05) is 0 Å². The quantitative estimate of drug-likeness (QED) is 0.783. The largest absolute Gasteiger partial charge is 0.424 e. The Hall–Kier alpha value is -0.900. The van der Waals surface area contributed by atoms with E-state index in [-0.39, 0.29) is 0 Å². The van der Waals surface area contributed by atoms with Crippen LogP contribution in [0.25, 0.3) is 0 Å². The van der Waals surface area contributed by atoms with Crippen LogP contribution in [-0.2, 0) is 6.54 Å². The Bertz CT molecular complexity index is 270. The fraction of sp³-hybridized carbons (Fsp3) is 0.800. The first-order valence-electron chi connectivity index (χ1n) is 5.10. The third kappa shape index (κ3) is 3.87. The van der Waals surface area contributed by atoms with Gasteiger partial charge < -0.3 is 9.73 Å². The maximum Gasteiger partial charge on any atom is 0.230 e. The van der Waals surface area contributed by atoms with Gasteiger partial charge in [0.05, 0.1) is 6.54 Å². The number of nitrogens with one attached hydrogen (secondary N) is 1. The second-order valence-corrected chi connectivity index (χ2v) is 4.13. The van der Waals surface area contributed by atoms with E-state index in [0.29, 0.717) is 30.3 Å². The van der Waals surface area contributed by atoms with Gasteiger partial charge in [0.1, 0.15) is 0 Å². The van der Waals surface area contributed by atoms with Gasteiger partial charge in [0.25, 0.3) is 0 Å². The lowest BCUT2D eigenvalue weighted by molar-refractivity contribution is 0.396. The van der Waals surface area contributed by atoms with Gasteiger partial charge in [-0.15, -0.1) is 10.2 Å². The van der Waals surface area contributed by atoms with E-state index in [4.69, 9.17) is 4.42 Å². The molecule has 1 heterocycles. The Labute approximate surface area is 85.1 Å². The second-order valence-electron chi connectivity index (χ2n) is 4.13. The summed E-state index contributed by atoms with van der Waals surface area (Å²) in [5.41, 5.74) is 0. The van der Waals surface area contributed by atoms with Gasteiger partial charge in [0, 0.05) is 13.0 Å². The number of aromatic nitrogens is 2. The molecule has 1 rings (SSSR count). The van der Waals surface area contributed by atoms with Crippen LogP contribution < -0.4 is 5.32 Å². The average molecular weight is 197 g/mol. The van der Waals surface area contributed by atoms with E-state index >= 15 is 0 Å². The molecule has 1 aromatic rings. The summed E-state index contributed by atoms with van der Waals surface area (Å²) in [6, 6.07) is 0.488. The minimum absolute atomic E-state index is 0.488. The standard InChI is InChI=1S/C10H19N3O/c1-7(2)5-8(3)11-6-10-13-12-9(4)14-10/h7-8,11H,5-6H2,1-4H3. The van der Waals surface area contributed by atoms with E-state index in [1.165, 1.54) is 0 Å². The van der Waals surface area contributed by atoms with Crippen LogP contribution in [0.1, 0.15) is 39.0 Å². The summed E-state index contributed by atoms with van der Waals surface area (Å²) in [7, 11) is 0. The van der Waals surface area contributed by atoms with Crippen molar-refractivity contribution in [3.8, 4) is 0 Å². The lowest BCUT2D eigenvalue weighted by Gasteiger charge is -2.14. The molecular weight excluding hydrogens is 178 g/mol. The van der Waals surface area contributed by atoms with Crippen LogP contribution in [-0.4, -0.2) is 16.2 Å². The molecule has 14 heavy (non-hydrogen) atoms. The Morgan fingerprint density at radius 3 is 2.50 bits per heavy atom. The zero-order valence-corrected chi connectivity index (χ0v) is 9.37. The van der Waals surface area contributed by atoms with Crippen molar-refractivity contribution < 1.29 is 4.42 Å². The maximum absolute atomic E-state index is 5.25. The molecule has 0 aliphatic heterocycles. The first kappa shape index (κ1) is 11.2. The molecule has 1 aromatic heterocycles. The zero-order valence-electron chi connectivity index (χ0n) is 9.37. The Kier molecular flexibility index (Phi) is 4.07. The molecule has 0 radical (unpaired) electrons. The van der Waals surface area contributed by atoms with Gasteiger partial charge in [0.15, 0.2) is 0 Å². The van der Waals surface area contributed by atoms with E-state index in [9.17, 15) is 0 Å². The number of nitrogens with zero attached hydrogens (tertiary/aromatic N) is 2. The Morgan fingerprint density at radius 2 is 2.00 bits per heavy atom. The normalized spacial score (nSPS) is 13.5. The van der Waals surface area contributed by atoms with Gasteiger partial charge >= 0.3 is 0 Å². The van der Waals surface area contributed by atoms with E-state index < -0.39 is 0 Å². The van der Waals surface area contributed by atoms with Gasteiger partial charge in [-0.1, -0.05) is 13.8 Å². The monoisotopic (exact) mass is 197 g/mol. The van der Waals surface area contributed by atoms with Gasteiger partial charge in [-0.3, -0.25) is 0 Å². The third-order valence-electron chi connectivity index (χ3n) is 1.99. The molecule has 0 bridgehead atoms. The van der Waals surface area contributed by atoms with Gasteiger partial charge in [-0.25, -0.2) is 0 Å². The van der Waals surface area contributed by atoms with Crippen LogP contribution >= 0.6 is 0 Å². The summed E-state index contributed by atoms with van der Waals surface area (Å²) in [5.74, 6) is 2.00. The summed E-state index contributed by atoms with van der Waals surface area (Å²) in [6.45, 7) is 9.07. The number of hydrogen-bond acceptors (Lipinski definition) is 4. The lowest BCUT2D eigenvalue weighted by Crippen LogP contribution is -2.26. The van der Waals surface area contributed by atoms with Crippen molar-refractivity contribution in [1.82, 2.24) is 15.5 Å². The van der Waals surface area contributed by atoms with Crippen LogP contribution in [0.2, 0.25) is 0 Å². The molecule has 0 aliphatic carbocycles. The molecule has 0 amide bonds. The highest BCUT2D eigenvalue weighted by atomic mass is 16.4. The van der Waals surface area contributed by atoms with Gasteiger partial charge in [0.2, 0.25) is 11.8 Å². The van der Waals surface area contributed by atoms with Crippen molar-refractivity contribution in [3.63, 3.8) is 0 Å². The van der Waals surface area contributed by atoms with Crippen molar-refractivity contribution in [2.75, 3.05) is 0 Å². The number of aryl methyl sites for hydroxylation is 1. The molecule has 1 unspecified atom stereocenters. The number of hydrogen-bond donors (Lipinski definition) is 1. The molecule has 0 fully saturated rings. The summed E-state index contributed by atoms with van der Waals surface area (Å²) in [6.07, 6.45) is 1.16. The van der Waals surface area contributed by atoms with Crippen molar-refractivity contribution in [1.29, 1.82) is 0 Å². The van der Waals surface area contributed by atoms with Gasteiger partial charge in [-0.2, -0.15) is 0 Å². The van der Waals surface area contributed by atoms with Gasteiger partial charge in [-0.05, 0) is 19.3 Å². The highest BCUT2D eigenvalue weighted by Gasteiger charge is 2.06. The zero-order chi connectivity index (χ0) is 10.6. The van der Waals surface area contributed by atoms with Crippen molar-refractivity contribution in [2.24, 2.45) is 5.92 Å². The molecule has 4 nitrogen and oxygen atoms in total. The first-order chi connectivity index (χ1) is 6.58. The molecule has 0 aromatic carbocycles. The first-order valence-corrected chi connectivity index (χ1v) is 5.10. The Balaban J connectivity index is 2.26. The second kappa shape index (κ2) is 5.10. The smallest absolute Gasteiger partial charge is 0.230 e. The van der Waals surface area contributed by atoms with E-state index in [0.717, 1.165) is 6.42 Å². The predicted molar refractivity (Wildman–Crippen MR) is 54.8 cm³/mol. The molecule has 80 valence electrons. The van der Waals surface area contributed by atoms with Crippen molar-refractivity contribution in [2.45, 2.75) is 46.7 Å². The Morgan fingerprint density at radius 1 is 1.29 bits per heavy atom. The van der Waals surface area contributed by atoms with E-state index in [1.54, 1.807) is 6.92 Å². The predicted octanol–water partition coefficient (Wildman–Crippen LogP) is 1.90. The lowest BCUT2D eigenvalue weighted by atomic mass is 10.1. The van der Waals surface area contributed by atoms with Crippen LogP contribution in [0.5, 0.6) is 0 Å². The van der Waals surface area contributed by atoms with Crippen molar-refractivity contribution >= 4 is 0 Å². The molecule has 1 N–H and O–H groups in total. The SMILES string of the molecule is Cc1nnc(CNC(C)CC(C)C)o1. The molecular formula is C10H19N3O. The summed E-state index contributed by atoms with van der Waals surface area (Å²) >= 11 is 0. The highest BCUT2D eigenvalue weighted by molar-refractivity contribution is 4.79. The number of rotatable bonds is 5. The summed E-state index contributed by atoms with van der Waals surface area (Å²) in [4.78, 5) is 0. The molecule has 0 aliphatic rings.